The van der Waals surface area contributed by atoms with E-state index in [9.17, 15) is 5.11 Å². The topological polar surface area (TPSA) is 32.3 Å². The Labute approximate surface area is 124 Å². The van der Waals surface area contributed by atoms with Crippen LogP contribution in [0, 0.1) is 0 Å². The number of anilines is 1. The van der Waals surface area contributed by atoms with Gasteiger partial charge in [-0.25, -0.2) is 0 Å². The molecule has 0 fully saturated rings. The van der Waals surface area contributed by atoms with Gasteiger partial charge in [0, 0.05) is 11.1 Å². The molecule has 0 aromatic heterocycles. The van der Waals surface area contributed by atoms with Crippen LogP contribution >= 0.6 is 0 Å². The predicted molar refractivity (Wildman–Crippen MR) is 86.7 cm³/mol. The fourth-order valence-corrected chi connectivity index (χ4v) is 3.32. The summed E-state index contributed by atoms with van der Waals surface area (Å²) in [5.74, 6) is 0.426. The van der Waals surface area contributed by atoms with Gasteiger partial charge in [-0.3, -0.25) is 0 Å². The Hall–Kier alpha value is -2.48. The first-order chi connectivity index (χ1) is 10.3. The highest BCUT2D eigenvalue weighted by Gasteiger charge is 2.24. The Balaban J connectivity index is 1.73. The van der Waals surface area contributed by atoms with Gasteiger partial charge in [-0.05, 0) is 41.5 Å². The summed E-state index contributed by atoms with van der Waals surface area (Å²) in [7, 11) is 0. The Morgan fingerprint density at radius 2 is 1.71 bits per heavy atom. The van der Waals surface area contributed by atoms with Crippen molar-refractivity contribution in [2.24, 2.45) is 0 Å². The van der Waals surface area contributed by atoms with E-state index in [1.165, 1.54) is 16.3 Å². The van der Waals surface area contributed by atoms with Crippen molar-refractivity contribution in [2.75, 3.05) is 5.32 Å². The normalized spacial score (nSPS) is 16.9. The minimum Gasteiger partial charge on any atom is -0.508 e. The van der Waals surface area contributed by atoms with Gasteiger partial charge in [-0.1, -0.05) is 48.5 Å². The van der Waals surface area contributed by atoms with Gasteiger partial charge in [0.05, 0.1) is 6.04 Å². The van der Waals surface area contributed by atoms with E-state index in [1.807, 2.05) is 6.07 Å². The first-order valence-electron chi connectivity index (χ1n) is 7.38. The van der Waals surface area contributed by atoms with Gasteiger partial charge >= 0.3 is 0 Å². The van der Waals surface area contributed by atoms with Crippen LogP contribution in [0.4, 0.5) is 5.69 Å². The standard InChI is InChI=1S/C19H17NO/c21-19-10-4-8-15-16(19)11-12-18(15)20-17-9-3-6-13-5-1-2-7-14(13)17/h1-10,18,20-21H,11-12H2. The van der Waals surface area contributed by atoms with E-state index < -0.39 is 0 Å². The van der Waals surface area contributed by atoms with Gasteiger partial charge in [0.2, 0.25) is 0 Å². The van der Waals surface area contributed by atoms with E-state index in [0.29, 0.717) is 5.75 Å². The lowest BCUT2D eigenvalue weighted by atomic mass is 10.1. The molecular formula is C19H17NO. The van der Waals surface area contributed by atoms with Crippen LogP contribution in [0.5, 0.6) is 5.75 Å². The van der Waals surface area contributed by atoms with Gasteiger partial charge in [0.1, 0.15) is 5.75 Å². The molecule has 0 saturated carbocycles. The molecule has 0 spiro atoms. The molecule has 0 saturated heterocycles. The average molecular weight is 275 g/mol. The summed E-state index contributed by atoms with van der Waals surface area (Å²) in [6, 6.07) is 20.9. The minimum absolute atomic E-state index is 0.276. The highest BCUT2D eigenvalue weighted by Crippen LogP contribution is 2.39. The number of phenols is 1. The first-order valence-corrected chi connectivity index (χ1v) is 7.38. The van der Waals surface area contributed by atoms with Crippen LogP contribution in [0.15, 0.2) is 60.7 Å². The second kappa shape index (κ2) is 4.81. The molecule has 4 rings (SSSR count). The number of nitrogens with one attached hydrogen (secondary N) is 1. The van der Waals surface area contributed by atoms with Crippen molar-refractivity contribution >= 4 is 16.5 Å². The Morgan fingerprint density at radius 1 is 0.905 bits per heavy atom. The minimum atomic E-state index is 0.276. The largest absolute Gasteiger partial charge is 0.508 e. The van der Waals surface area contributed by atoms with E-state index >= 15 is 0 Å². The Kier molecular flexibility index (Phi) is 2.81. The van der Waals surface area contributed by atoms with Crippen molar-refractivity contribution in [3.63, 3.8) is 0 Å². The average Bonchev–Trinajstić information content (AvgIpc) is 2.92. The number of rotatable bonds is 2. The lowest BCUT2D eigenvalue weighted by Crippen LogP contribution is -2.07. The lowest BCUT2D eigenvalue weighted by molar-refractivity contribution is 0.469. The second-order valence-corrected chi connectivity index (χ2v) is 5.61. The zero-order valence-corrected chi connectivity index (χ0v) is 11.7. The van der Waals surface area contributed by atoms with Crippen LogP contribution in [0.3, 0.4) is 0 Å². The summed E-state index contributed by atoms with van der Waals surface area (Å²) in [4.78, 5) is 0. The fourth-order valence-electron chi connectivity index (χ4n) is 3.32. The Bertz CT molecular complexity index is 804. The molecule has 2 heteroatoms. The SMILES string of the molecule is Oc1cccc2c1CCC2Nc1cccc2ccccc12. The van der Waals surface area contributed by atoms with Crippen LogP contribution in [0.1, 0.15) is 23.6 Å². The van der Waals surface area contributed by atoms with Crippen LogP contribution < -0.4 is 5.32 Å². The monoisotopic (exact) mass is 275 g/mol. The molecule has 104 valence electrons. The quantitative estimate of drug-likeness (QED) is 0.713. The summed E-state index contributed by atoms with van der Waals surface area (Å²) in [5.41, 5.74) is 3.48. The van der Waals surface area contributed by atoms with Crippen molar-refractivity contribution in [3.05, 3.63) is 71.8 Å². The first kappa shape index (κ1) is 12.3. The number of hydrogen-bond donors (Lipinski definition) is 2. The van der Waals surface area contributed by atoms with E-state index in [2.05, 4.69) is 53.8 Å². The van der Waals surface area contributed by atoms with Crippen molar-refractivity contribution in [2.45, 2.75) is 18.9 Å². The number of fused-ring (bicyclic) bond motifs is 2. The number of aromatic hydroxyl groups is 1. The van der Waals surface area contributed by atoms with Crippen molar-refractivity contribution in [3.8, 4) is 5.75 Å². The van der Waals surface area contributed by atoms with Gasteiger partial charge < -0.3 is 10.4 Å². The fraction of sp³-hybridized carbons (Fsp3) is 0.158. The molecule has 1 atom stereocenters. The summed E-state index contributed by atoms with van der Waals surface area (Å²) >= 11 is 0. The molecule has 0 amide bonds. The molecule has 3 aromatic rings. The number of phenolic OH excluding ortho intramolecular Hbond substituents is 1. The predicted octanol–water partition coefficient (Wildman–Crippen LogP) is 4.64. The molecule has 1 aliphatic carbocycles. The van der Waals surface area contributed by atoms with Crippen molar-refractivity contribution in [1.29, 1.82) is 0 Å². The maximum Gasteiger partial charge on any atom is 0.119 e. The smallest absolute Gasteiger partial charge is 0.119 e. The molecule has 2 nitrogen and oxygen atoms in total. The van der Waals surface area contributed by atoms with Crippen LogP contribution in [-0.4, -0.2) is 5.11 Å². The lowest BCUT2D eigenvalue weighted by Gasteiger charge is -2.17. The molecule has 0 aliphatic heterocycles. The third kappa shape index (κ3) is 2.04. The zero-order chi connectivity index (χ0) is 14.2. The molecule has 2 N–H and O–H groups in total. The van der Waals surface area contributed by atoms with E-state index in [1.54, 1.807) is 6.07 Å². The molecule has 0 heterocycles. The van der Waals surface area contributed by atoms with Crippen LogP contribution in [-0.2, 0) is 6.42 Å². The van der Waals surface area contributed by atoms with Crippen molar-refractivity contribution in [1.82, 2.24) is 0 Å². The summed E-state index contributed by atoms with van der Waals surface area (Å²) in [6.07, 6.45) is 1.96. The van der Waals surface area contributed by atoms with Gasteiger partial charge in [0.15, 0.2) is 0 Å². The number of benzene rings is 3. The van der Waals surface area contributed by atoms with Crippen LogP contribution in [0.25, 0.3) is 10.8 Å². The van der Waals surface area contributed by atoms with Gasteiger partial charge in [-0.2, -0.15) is 0 Å². The molecule has 0 radical (unpaired) electrons. The van der Waals surface area contributed by atoms with Crippen LogP contribution in [0.2, 0.25) is 0 Å². The highest BCUT2D eigenvalue weighted by atomic mass is 16.3. The molecular weight excluding hydrogens is 258 g/mol. The van der Waals surface area contributed by atoms with Gasteiger partial charge in [-0.15, -0.1) is 0 Å². The van der Waals surface area contributed by atoms with E-state index in [4.69, 9.17) is 0 Å². The summed E-state index contributed by atoms with van der Waals surface area (Å²) < 4.78 is 0. The van der Waals surface area contributed by atoms with Crippen molar-refractivity contribution < 1.29 is 5.11 Å². The second-order valence-electron chi connectivity index (χ2n) is 5.61. The third-order valence-corrected chi connectivity index (χ3v) is 4.37. The molecule has 1 unspecified atom stereocenters. The zero-order valence-electron chi connectivity index (χ0n) is 11.7. The molecule has 21 heavy (non-hydrogen) atoms. The van der Waals surface area contributed by atoms with E-state index in [0.717, 1.165) is 24.1 Å². The maximum atomic E-state index is 9.96. The molecule has 0 bridgehead atoms. The van der Waals surface area contributed by atoms with E-state index in [-0.39, 0.29) is 6.04 Å². The molecule has 1 aliphatic rings. The Morgan fingerprint density at radius 3 is 2.67 bits per heavy atom. The number of hydrogen-bond acceptors (Lipinski definition) is 2. The van der Waals surface area contributed by atoms with Gasteiger partial charge in [0.25, 0.3) is 0 Å². The summed E-state index contributed by atoms with van der Waals surface area (Å²) in [5, 5.41) is 16.1. The highest BCUT2D eigenvalue weighted by molar-refractivity contribution is 5.94. The summed E-state index contributed by atoms with van der Waals surface area (Å²) in [6.45, 7) is 0. The maximum absolute atomic E-state index is 9.96. The molecule has 3 aromatic carbocycles. The third-order valence-electron chi connectivity index (χ3n) is 4.37.